The Bertz CT molecular complexity index is 355. The average Bonchev–Trinajstić information content (AvgIpc) is 2.37. The zero-order chi connectivity index (χ0) is 12.8. The van der Waals surface area contributed by atoms with Crippen LogP contribution in [-0.2, 0) is 0 Å². The summed E-state index contributed by atoms with van der Waals surface area (Å²) in [6.45, 7) is 4.77. The van der Waals surface area contributed by atoms with Gasteiger partial charge in [-0.05, 0) is 19.9 Å². The summed E-state index contributed by atoms with van der Waals surface area (Å²) in [5.74, 6) is 1.62. The molecule has 0 heterocycles. The Hall–Kier alpha value is -1.26. The van der Waals surface area contributed by atoms with Crippen molar-refractivity contribution in [3.05, 3.63) is 23.8 Å². The van der Waals surface area contributed by atoms with Gasteiger partial charge in [0.25, 0.3) is 0 Å². The summed E-state index contributed by atoms with van der Waals surface area (Å²) in [4.78, 5) is 0. The maximum Gasteiger partial charge on any atom is 0.127 e. The molecule has 0 saturated carbocycles. The van der Waals surface area contributed by atoms with E-state index in [4.69, 9.17) is 15.2 Å². The van der Waals surface area contributed by atoms with E-state index in [0.717, 1.165) is 17.1 Å². The van der Waals surface area contributed by atoms with Crippen LogP contribution in [0, 0.1) is 0 Å². The van der Waals surface area contributed by atoms with Gasteiger partial charge in [-0.3, -0.25) is 0 Å². The monoisotopic (exact) mass is 238 g/mol. The lowest BCUT2D eigenvalue weighted by Crippen LogP contribution is -2.35. The van der Waals surface area contributed by atoms with Crippen molar-refractivity contribution in [3.63, 3.8) is 0 Å². The average molecular weight is 238 g/mol. The summed E-state index contributed by atoms with van der Waals surface area (Å²) in [6.07, 6.45) is 0. The summed E-state index contributed by atoms with van der Waals surface area (Å²) < 4.78 is 10.5. The molecule has 1 rings (SSSR count). The first-order valence-corrected chi connectivity index (χ1v) is 5.80. The molecule has 0 aliphatic heterocycles. The predicted molar refractivity (Wildman–Crippen MR) is 69.6 cm³/mol. The Labute approximate surface area is 103 Å². The molecule has 96 valence electrons. The highest BCUT2D eigenvalue weighted by Gasteiger charge is 2.13. The van der Waals surface area contributed by atoms with Gasteiger partial charge in [0.15, 0.2) is 0 Å². The molecule has 0 aromatic heterocycles. The molecule has 0 bridgehead atoms. The van der Waals surface area contributed by atoms with Crippen LogP contribution in [-0.4, -0.2) is 26.8 Å². The third kappa shape index (κ3) is 3.61. The van der Waals surface area contributed by atoms with Crippen LogP contribution in [0.5, 0.6) is 11.5 Å². The van der Waals surface area contributed by atoms with Gasteiger partial charge < -0.3 is 20.5 Å². The molecule has 0 radical (unpaired) electrons. The normalized spacial score (nSPS) is 14.2. The number of ether oxygens (including phenoxy) is 2. The molecule has 17 heavy (non-hydrogen) atoms. The zero-order valence-corrected chi connectivity index (χ0v) is 11.0. The van der Waals surface area contributed by atoms with Gasteiger partial charge in [-0.1, -0.05) is 6.07 Å². The van der Waals surface area contributed by atoms with Crippen molar-refractivity contribution in [2.75, 3.05) is 20.8 Å². The van der Waals surface area contributed by atoms with Gasteiger partial charge in [-0.25, -0.2) is 0 Å². The minimum absolute atomic E-state index is 0.189. The Balaban J connectivity index is 2.88. The lowest BCUT2D eigenvalue weighted by molar-refractivity contribution is 0.382. The van der Waals surface area contributed by atoms with Gasteiger partial charge in [-0.15, -0.1) is 0 Å². The predicted octanol–water partition coefficient (Wildman–Crippen LogP) is 1.70. The van der Waals surface area contributed by atoms with E-state index in [1.54, 1.807) is 14.2 Å². The summed E-state index contributed by atoms with van der Waals surface area (Å²) in [7, 11) is 3.31. The number of methoxy groups -OCH3 is 2. The van der Waals surface area contributed by atoms with Gasteiger partial charge in [-0.2, -0.15) is 0 Å². The van der Waals surface area contributed by atoms with Crippen molar-refractivity contribution >= 4 is 0 Å². The molecule has 0 amide bonds. The van der Waals surface area contributed by atoms with E-state index < -0.39 is 0 Å². The van der Waals surface area contributed by atoms with E-state index in [0.29, 0.717) is 6.54 Å². The van der Waals surface area contributed by atoms with E-state index in [1.807, 2.05) is 18.2 Å². The molecule has 1 aromatic carbocycles. The molecule has 3 N–H and O–H groups in total. The van der Waals surface area contributed by atoms with Crippen LogP contribution < -0.4 is 20.5 Å². The van der Waals surface area contributed by atoms with Crippen molar-refractivity contribution in [1.82, 2.24) is 5.32 Å². The summed E-state index contributed by atoms with van der Waals surface area (Å²) in [5, 5.41) is 3.41. The smallest absolute Gasteiger partial charge is 0.127 e. The maximum atomic E-state index is 5.60. The minimum Gasteiger partial charge on any atom is -0.497 e. The molecule has 2 unspecified atom stereocenters. The largest absolute Gasteiger partial charge is 0.497 e. The fourth-order valence-corrected chi connectivity index (χ4v) is 1.76. The lowest BCUT2D eigenvalue weighted by Gasteiger charge is -2.21. The fraction of sp³-hybridized carbons (Fsp3) is 0.538. The van der Waals surface area contributed by atoms with E-state index in [-0.39, 0.29) is 12.1 Å². The van der Waals surface area contributed by atoms with Crippen molar-refractivity contribution in [2.45, 2.75) is 25.9 Å². The highest BCUT2D eigenvalue weighted by atomic mass is 16.5. The molecule has 0 fully saturated rings. The van der Waals surface area contributed by atoms with Crippen LogP contribution in [0.2, 0.25) is 0 Å². The molecule has 0 aliphatic rings. The Morgan fingerprint density at radius 2 is 1.94 bits per heavy atom. The number of benzene rings is 1. The van der Waals surface area contributed by atoms with Crippen molar-refractivity contribution in [3.8, 4) is 11.5 Å². The second-order valence-corrected chi connectivity index (χ2v) is 4.13. The Kier molecular flexibility index (Phi) is 5.25. The van der Waals surface area contributed by atoms with Crippen molar-refractivity contribution in [1.29, 1.82) is 0 Å². The van der Waals surface area contributed by atoms with Crippen LogP contribution in [0.25, 0.3) is 0 Å². The van der Waals surface area contributed by atoms with Crippen LogP contribution in [0.15, 0.2) is 18.2 Å². The molecule has 0 saturated heterocycles. The van der Waals surface area contributed by atoms with Gasteiger partial charge in [0.1, 0.15) is 11.5 Å². The molecule has 0 aliphatic carbocycles. The second kappa shape index (κ2) is 6.47. The summed E-state index contributed by atoms with van der Waals surface area (Å²) in [5.41, 5.74) is 6.71. The topological polar surface area (TPSA) is 56.5 Å². The van der Waals surface area contributed by atoms with E-state index in [2.05, 4.69) is 19.2 Å². The number of hydrogen-bond donors (Lipinski definition) is 2. The first-order valence-electron chi connectivity index (χ1n) is 5.80. The molecule has 4 nitrogen and oxygen atoms in total. The van der Waals surface area contributed by atoms with Crippen molar-refractivity contribution < 1.29 is 9.47 Å². The van der Waals surface area contributed by atoms with E-state index in [1.165, 1.54) is 0 Å². The molecule has 1 aromatic rings. The lowest BCUT2D eigenvalue weighted by atomic mass is 10.1. The third-order valence-corrected chi connectivity index (χ3v) is 2.80. The highest BCUT2D eigenvalue weighted by molar-refractivity contribution is 5.42. The first-order chi connectivity index (χ1) is 8.12. The van der Waals surface area contributed by atoms with Crippen LogP contribution in [0.4, 0.5) is 0 Å². The molecule has 0 spiro atoms. The van der Waals surface area contributed by atoms with Crippen LogP contribution >= 0.6 is 0 Å². The van der Waals surface area contributed by atoms with Gasteiger partial charge in [0, 0.05) is 30.3 Å². The van der Waals surface area contributed by atoms with Gasteiger partial charge in [0.05, 0.1) is 14.2 Å². The highest BCUT2D eigenvalue weighted by Crippen LogP contribution is 2.29. The third-order valence-electron chi connectivity index (χ3n) is 2.80. The SMILES string of the molecule is COc1ccc(C(C)NC(C)CN)c(OC)c1. The fourth-order valence-electron chi connectivity index (χ4n) is 1.76. The number of rotatable bonds is 6. The van der Waals surface area contributed by atoms with E-state index in [9.17, 15) is 0 Å². The maximum absolute atomic E-state index is 5.60. The van der Waals surface area contributed by atoms with Crippen LogP contribution in [0.3, 0.4) is 0 Å². The minimum atomic E-state index is 0.189. The quantitative estimate of drug-likeness (QED) is 0.792. The summed E-state index contributed by atoms with van der Waals surface area (Å²) in [6, 6.07) is 6.30. The summed E-state index contributed by atoms with van der Waals surface area (Å²) >= 11 is 0. The number of nitrogens with one attached hydrogen (secondary N) is 1. The Morgan fingerprint density at radius 1 is 1.24 bits per heavy atom. The molecular formula is C13H22N2O2. The Morgan fingerprint density at radius 3 is 2.47 bits per heavy atom. The first kappa shape index (κ1) is 13.8. The second-order valence-electron chi connectivity index (χ2n) is 4.13. The standard InChI is InChI=1S/C13H22N2O2/c1-9(8-14)15-10(2)12-6-5-11(16-3)7-13(12)17-4/h5-7,9-10,15H,8,14H2,1-4H3. The van der Waals surface area contributed by atoms with Gasteiger partial charge in [0.2, 0.25) is 0 Å². The van der Waals surface area contributed by atoms with Gasteiger partial charge >= 0.3 is 0 Å². The molecular weight excluding hydrogens is 216 g/mol. The van der Waals surface area contributed by atoms with Crippen LogP contribution in [0.1, 0.15) is 25.5 Å². The van der Waals surface area contributed by atoms with E-state index >= 15 is 0 Å². The molecule has 2 atom stereocenters. The van der Waals surface area contributed by atoms with Crippen molar-refractivity contribution in [2.24, 2.45) is 5.73 Å². The number of nitrogens with two attached hydrogens (primary N) is 1. The zero-order valence-electron chi connectivity index (χ0n) is 11.0. The number of hydrogen-bond acceptors (Lipinski definition) is 4. The molecule has 4 heteroatoms.